The van der Waals surface area contributed by atoms with E-state index in [2.05, 4.69) is 24.2 Å². The van der Waals surface area contributed by atoms with Crippen molar-refractivity contribution in [2.24, 2.45) is 0 Å². The highest BCUT2D eigenvalue weighted by Gasteiger charge is 2.15. The number of nitrogens with zero attached hydrogens (tertiary/aromatic N) is 2. The molecule has 4 rings (SSSR count). The number of aromatic nitrogens is 2. The molecule has 2 nitrogen and oxygen atoms in total. The van der Waals surface area contributed by atoms with Crippen molar-refractivity contribution in [1.82, 2.24) is 9.78 Å². The molecule has 4 aromatic rings. The van der Waals surface area contributed by atoms with Crippen LogP contribution in [0, 0.1) is 12.7 Å². The highest BCUT2D eigenvalue weighted by atomic mass is 19.1. The number of hydrogen-bond donors (Lipinski definition) is 0. The van der Waals surface area contributed by atoms with E-state index in [4.69, 9.17) is 0 Å². The number of benzene rings is 3. The summed E-state index contributed by atoms with van der Waals surface area (Å²) in [6.45, 7) is 4.00. The van der Waals surface area contributed by atoms with Crippen LogP contribution in [0.25, 0.3) is 28.1 Å². The fraction of sp³-hybridized carbons (Fsp3) is 0. The molecule has 0 unspecified atom stereocenters. The van der Waals surface area contributed by atoms with Crippen LogP contribution in [0.4, 0.5) is 4.39 Å². The summed E-state index contributed by atoms with van der Waals surface area (Å²) in [5.74, 6) is -0.282. The van der Waals surface area contributed by atoms with Gasteiger partial charge < -0.3 is 0 Å². The van der Waals surface area contributed by atoms with Crippen LogP contribution >= 0.6 is 0 Å². The first-order valence-electron chi connectivity index (χ1n) is 8.05. The zero-order valence-corrected chi connectivity index (χ0v) is 13.6. The summed E-state index contributed by atoms with van der Waals surface area (Å²) in [6.07, 6.45) is 1.66. The van der Waals surface area contributed by atoms with Crippen LogP contribution in [-0.2, 0) is 0 Å². The first-order chi connectivity index (χ1) is 12.2. The molecule has 121 valence electrons. The summed E-state index contributed by atoms with van der Waals surface area (Å²) in [6, 6.07) is 24.9. The van der Waals surface area contributed by atoms with Gasteiger partial charge in [0.05, 0.1) is 17.6 Å². The fourth-order valence-electron chi connectivity index (χ4n) is 2.94. The Morgan fingerprint density at radius 2 is 1.40 bits per heavy atom. The van der Waals surface area contributed by atoms with E-state index in [9.17, 15) is 4.39 Å². The third-order valence-corrected chi connectivity index (χ3v) is 4.19. The van der Waals surface area contributed by atoms with Crippen molar-refractivity contribution in [1.29, 1.82) is 0 Å². The minimum atomic E-state index is -0.282. The molecule has 0 spiro atoms. The van der Waals surface area contributed by atoms with Gasteiger partial charge in [0, 0.05) is 5.56 Å². The fourth-order valence-corrected chi connectivity index (χ4v) is 2.94. The van der Waals surface area contributed by atoms with Gasteiger partial charge in [-0.3, -0.25) is 0 Å². The normalized spacial score (nSPS) is 10.8. The summed E-state index contributed by atoms with van der Waals surface area (Å²) < 4.78 is 16.0. The summed E-state index contributed by atoms with van der Waals surface area (Å²) in [7, 11) is 0. The van der Waals surface area contributed by atoms with Crippen molar-refractivity contribution in [3.63, 3.8) is 0 Å². The van der Waals surface area contributed by atoms with Crippen molar-refractivity contribution in [3.05, 3.63) is 103 Å². The highest BCUT2D eigenvalue weighted by Crippen LogP contribution is 2.29. The maximum atomic E-state index is 14.2. The Kier molecular flexibility index (Phi) is 3.90. The standard InChI is InChI=1S/C22H16FN2/c1-16-15-24-25(22(16)20-9-5-6-10-21(20)23)19-13-11-18(12-14-19)17-7-3-2-4-8-17/h2-15H,1H2. The van der Waals surface area contributed by atoms with Crippen LogP contribution in [0.2, 0.25) is 0 Å². The number of hydrogen-bond acceptors (Lipinski definition) is 1. The zero-order valence-electron chi connectivity index (χ0n) is 13.6. The topological polar surface area (TPSA) is 17.8 Å². The first kappa shape index (κ1) is 15.3. The van der Waals surface area contributed by atoms with Gasteiger partial charge in [-0.25, -0.2) is 9.07 Å². The zero-order chi connectivity index (χ0) is 17.2. The number of halogens is 1. The Morgan fingerprint density at radius 1 is 0.760 bits per heavy atom. The Hall–Kier alpha value is -3.20. The van der Waals surface area contributed by atoms with Gasteiger partial charge in [-0.2, -0.15) is 5.10 Å². The Labute approximate surface area is 146 Å². The molecule has 1 radical (unpaired) electrons. The molecule has 25 heavy (non-hydrogen) atoms. The molecule has 0 N–H and O–H groups in total. The van der Waals surface area contributed by atoms with E-state index in [0.29, 0.717) is 16.8 Å². The molecule has 0 amide bonds. The molecule has 3 heteroatoms. The molecule has 0 aliphatic heterocycles. The summed E-state index contributed by atoms with van der Waals surface area (Å²) >= 11 is 0. The second kappa shape index (κ2) is 6.36. The maximum Gasteiger partial charge on any atom is 0.132 e. The van der Waals surface area contributed by atoms with Gasteiger partial charge in [-0.1, -0.05) is 54.6 Å². The van der Waals surface area contributed by atoms with E-state index >= 15 is 0 Å². The summed E-state index contributed by atoms with van der Waals surface area (Å²) in [5.41, 5.74) is 5.01. The molecule has 0 bridgehead atoms. The highest BCUT2D eigenvalue weighted by molar-refractivity contribution is 5.69. The van der Waals surface area contributed by atoms with Gasteiger partial charge >= 0.3 is 0 Å². The third kappa shape index (κ3) is 2.85. The lowest BCUT2D eigenvalue weighted by molar-refractivity contribution is 0.629. The van der Waals surface area contributed by atoms with Gasteiger partial charge in [-0.15, -0.1) is 0 Å². The molecular weight excluding hydrogens is 311 g/mol. The van der Waals surface area contributed by atoms with Crippen molar-refractivity contribution in [2.75, 3.05) is 0 Å². The van der Waals surface area contributed by atoms with E-state index < -0.39 is 0 Å². The van der Waals surface area contributed by atoms with Crippen LogP contribution in [0.3, 0.4) is 0 Å². The van der Waals surface area contributed by atoms with E-state index in [0.717, 1.165) is 16.8 Å². The van der Waals surface area contributed by atoms with Crippen LogP contribution in [0.1, 0.15) is 5.56 Å². The largest absolute Gasteiger partial charge is 0.233 e. The molecule has 0 fully saturated rings. The van der Waals surface area contributed by atoms with Crippen molar-refractivity contribution in [2.45, 2.75) is 0 Å². The van der Waals surface area contributed by atoms with Gasteiger partial charge in [0.1, 0.15) is 5.82 Å². The molecule has 1 heterocycles. The molecular formula is C22H16FN2. The summed E-state index contributed by atoms with van der Waals surface area (Å²) in [5, 5.41) is 4.39. The Bertz CT molecular complexity index is 1000. The third-order valence-electron chi connectivity index (χ3n) is 4.19. The Balaban J connectivity index is 1.78. The van der Waals surface area contributed by atoms with Gasteiger partial charge in [-0.05, 0) is 47.9 Å². The molecule has 1 aromatic heterocycles. The SMILES string of the molecule is [CH2]c1cnn(-c2ccc(-c3ccccc3)cc2)c1-c1ccccc1F. The molecule has 0 aliphatic rings. The van der Waals surface area contributed by atoms with Gasteiger partial charge in [0.25, 0.3) is 0 Å². The molecule has 0 saturated carbocycles. The monoisotopic (exact) mass is 327 g/mol. The lowest BCUT2D eigenvalue weighted by atomic mass is 10.1. The van der Waals surface area contributed by atoms with Crippen LogP contribution in [-0.4, -0.2) is 9.78 Å². The predicted molar refractivity (Wildman–Crippen MR) is 98.9 cm³/mol. The van der Waals surface area contributed by atoms with Crippen LogP contribution in [0.15, 0.2) is 85.1 Å². The second-order valence-electron chi connectivity index (χ2n) is 5.82. The minimum absolute atomic E-state index is 0.282. The van der Waals surface area contributed by atoms with Crippen LogP contribution < -0.4 is 0 Å². The predicted octanol–water partition coefficient (Wildman–Crippen LogP) is 5.53. The van der Waals surface area contributed by atoms with E-state index in [-0.39, 0.29) is 5.82 Å². The second-order valence-corrected chi connectivity index (χ2v) is 5.82. The van der Waals surface area contributed by atoms with Crippen molar-refractivity contribution in [3.8, 4) is 28.1 Å². The van der Waals surface area contributed by atoms with Crippen LogP contribution in [0.5, 0.6) is 0 Å². The lowest BCUT2D eigenvalue weighted by Gasteiger charge is -2.11. The number of rotatable bonds is 3. The Morgan fingerprint density at radius 3 is 2.12 bits per heavy atom. The van der Waals surface area contributed by atoms with Crippen molar-refractivity contribution >= 4 is 0 Å². The smallest absolute Gasteiger partial charge is 0.132 e. The quantitative estimate of drug-likeness (QED) is 0.484. The average Bonchev–Trinajstić information content (AvgIpc) is 3.04. The molecule has 0 aliphatic carbocycles. The minimum Gasteiger partial charge on any atom is -0.233 e. The van der Waals surface area contributed by atoms with E-state index in [1.807, 2.05) is 48.5 Å². The van der Waals surface area contributed by atoms with Gasteiger partial charge in [0.2, 0.25) is 0 Å². The molecule has 3 aromatic carbocycles. The summed E-state index contributed by atoms with van der Waals surface area (Å²) in [4.78, 5) is 0. The molecule has 0 saturated heterocycles. The molecule has 0 atom stereocenters. The van der Waals surface area contributed by atoms with E-state index in [1.165, 1.54) is 6.07 Å². The first-order valence-corrected chi connectivity index (χ1v) is 8.05. The van der Waals surface area contributed by atoms with Gasteiger partial charge in [0.15, 0.2) is 0 Å². The van der Waals surface area contributed by atoms with E-state index in [1.54, 1.807) is 23.0 Å². The van der Waals surface area contributed by atoms with Crippen molar-refractivity contribution < 1.29 is 4.39 Å². The average molecular weight is 327 g/mol. The lowest BCUT2D eigenvalue weighted by Crippen LogP contribution is -2.00. The maximum absolute atomic E-state index is 14.2.